The van der Waals surface area contributed by atoms with Gasteiger partial charge in [-0.2, -0.15) is 4.98 Å². The molecule has 0 radical (unpaired) electrons. The third-order valence-corrected chi connectivity index (χ3v) is 7.28. The van der Waals surface area contributed by atoms with Crippen molar-refractivity contribution in [3.63, 3.8) is 0 Å². The van der Waals surface area contributed by atoms with Gasteiger partial charge in [-0.15, -0.1) is 0 Å². The molecular formula is C17H23N5O3S. The maximum atomic E-state index is 12.4. The molecule has 0 aromatic carbocycles. The maximum Gasteiger partial charge on any atom is 0.235 e. The van der Waals surface area contributed by atoms with Gasteiger partial charge >= 0.3 is 0 Å². The molecule has 2 fully saturated rings. The summed E-state index contributed by atoms with van der Waals surface area (Å²) in [7, 11) is -3.24. The Balaban J connectivity index is 1.63. The zero-order chi connectivity index (χ0) is 18.4. The van der Waals surface area contributed by atoms with Crippen LogP contribution in [0.25, 0.3) is 0 Å². The third-order valence-electron chi connectivity index (χ3n) is 5.49. The van der Waals surface area contributed by atoms with E-state index in [2.05, 4.69) is 26.1 Å². The molecule has 4 rings (SSSR count). The Morgan fingerprint density at radius 1 is 1.35 bits per heavy atom. The Morgan fingerprint density at radius 3 is 2.85 bits per heavy atom. The van der Waals surface area contributed by atoms with Gasteiger partial charge in [0.15, 0.2) is 5.82 Å². The lowest BCUT2D eigenvalue weighted by molar-refractivity contribution is 0.244. The first-order chi connectivity index (χ1) is 12.4. The van der Waals surface area contributed by atoms with Crippen molar-refractivity contribution in [3.05, 3.63) is 41.8 Å². The van der Waals surface area contributed by atoms with E-state index in [1.807, 2.05) is 12.3 Å². The van der Waals surface area contributed by atoms with Crippen molar-refractivity contribution >= 4 is 10.0 Å². The molecule has 2 aromatic rings. The minimum absolute atomic E-state index is 0.109. The molecule has 2 saturated heterocycles. The Kier molecular flexibility index (Phi) is 4.32. The molecule has 26 heavy (non-hydrogen) atoms. The number of aryl methyl sites for hydroxylation is 1. The second-order valence-electron chi connectivity index (χ2n) is 7.22. The Morgan fingerprint density at radius 2 is 2.19 bits per heavy atom. The third kappa shape index (κ3) is 2.93. The lowest BCUT2D eigenvalue weighted by Gasteiger charge is -2.25. The minimum atomic E-state index is -3.24. The van der Waals surface area contributed by atoms with Gasteiger partial charge in [-0.1, -0.05) is 11.2 Å². The fourth-order valence-corrected chi connectivity index (χ4v) is 5.39. The normalized spacial score (nSPS) is 27.1. The Labute approximate surface area is 153 Å². The average molecular weight is 377 g/mol. The molecule has 0 saturated carbocycles. The summed E-state index contributed by atoms with van der Waals surface area (Å²) < 4.78 is 32.0. The van der Waals surface area contributed by atoms with Gasteiger partial charge in [-0.05, 0) is 25.5 Å². The summed E-state index contributed by atoms with van der Waals surface area (Å²) in [6.07, 6.45) is 3.63. The smallest absolute Gasteiger partial charge is 0.235 e. The standard InChI is InChI=1S/C17H23N5O3S/c1-3-26(23,24)22-10-15-9-21(8-14-5-4-6-18-7-14)11-17(15,12-22)16-19-13(2)20-25-16/h4-7,15H,3,8-12H2,1-2H3. The second kappa shape index (κ2) is 6.40. The molecule has 4 heterocycles. The van der Waals surface area contributed by atoms with Crippen molar-refractivity contribution in [1.82, 2.24) is 24.3 Å². The molecule has 8 nitrogen and oxygen atoms in total. The van der Waals surface area contributed by atoms with E-state index in [1.165, 1.54) is 0 Å². The lowest BCUT2D eigenvalue weighted by atomic mass is 9.81. The highest BCUT2D eigenvalue weighted by atomic mass is 32.2. The minimum Gasteiger partial charge on any atom is -0.339 e. The first-order valence-corrected chi connectivity index (χ1v) is 10.4. The van der Waals surface area contributed by atoms with Gasteiger partial charge in [0.25, 0.3) is 0 Å². The first kappa shape index (κ1) is 17.6. The van der Waals surface area contributed by atoms with Crippen molar-refractivity contribution in [3.8, 4) is 0 Å². The first-order valence-electron chi connectivity index (χ1n) is 8.83. The molecular weight excluding hydrogens is 354 g/mol. The molecule has 2 aromatic heterocycles. The molecule has 2 atom stereocenters. The summed E-state index contributed by atoms with van der Waals surface area (Å²) in [5, 5.41) is 3.95. The van der Waals surface area contributed by atoms with Crippen LogP contribution in [0, 0.1) is 12.8 Å². The zero-order valence-corrected chi connectivity index (χ0v) is 15.8. The quantitative estimate of drug-likeness (QED) is 0.761. The predicted molar refractivity (Wildman–Crippen MR) is 94.8 cm³/mol. The Bertz CT molecular complexity index is 885. The van der Waals surface area contributed by atoms with Crippen LogP contribution >= 0.6 is 0 Å². The maximum absolute atomic E-state index is 12.4. The van der Waals surface area contributed by atoms with E-state index in [1.54, 1.807) is 24.3 Å². The molecule has 2 aliphatic heterocycles. The summed E-state index contributed by atoms with van der Waals surface area (Å²) in [6.45, 7) is 6.65. The lowest BCUT2D eigenvalue weighted by Crippen LogP contribution is -2.40. The molecule has 0 N–H and O–H groups in total. The summed E-state index contributed by atoms with van der Waals surface area (Å²) in [4.78, 5) is 11.0. The van der Waals surface area contributed by atoms with Crippen molar-refractivity contribution in [1.29, 1.82) is 0 Å². The van der Waals surface area contributed by atoms with Crippen LogP contribution in [0.15, 0.2) is 29.0 Å². The number of fused-ring (bicyclic) bond motifs is 1. The highest BCUT2D eigenvalue weighted by Gasteiger charge is 2.58. The van der Waals surface area contributed by atoms with Crippen LogP contribution in [0.4, 0.5) is 0 Å². The fourth-order valence-electron chi connectivity index (χ4n) is 4.19. The monoisotopic (exact) mass is 377 g/mol. The number of aromatic nitrogens is 3. The fraction of sp³-hybridized carbons (Fsp3) is 0.588. The summed E-state index contributed by atoms with van der Waals surface area (Å²) >= 11 is 0. The SMILES string of the molecule is CCS(=O)(=O)N1CC2CN(Cc3cccnc3)CC2(c2nc(C)no2)C1. The van der Waals surface area contributed by atoms with E-state index < -0.39 is 15.4 Å². The van der Waals surface area contributed by atoms with Gasteiger partial charge in [0, 0.05) is 51.0 Å². The predicted octanol–water partition coefficient (Wildman–Crippen LogP) is 0.808. The Hall–Kier alpha value is -1.84. The topological polar surface area (TPSA) is 92.4 Å². The highest BCUT2D eigenvalue weighted by molar-refractivity contribution is 7.89. The number of hydrogen-bond donors (Lipinski definition) is 0. The van der Waals surface area contributed by atoms with Crippen LogP contribution in [0.2, 0.25) is 0 Å². The molecule has 2 unspecified atom stereocenters. The average Bonchev–Trinajstić information content (AvgIpc) is 3.28. The molecule has 0 amide bonds. The van der Waals surface area contributed by atoms with E-state index in [0.717, 1.165) is 18.7 Å². The van der Waals surface area contributed by atoms with E-state index in [4.69, 9.17) is 4.52 Å². The molecule has 140 valence electrons. The van der Waals surface area contributed by atoms with Gasteiger partial charge in [-0.3, -0.25) is 9.88 Å². The molecule has 0 aliphatic carbocycles. The van der Waals surface area contributed by atoms with Gasteiger partial charge in [0.2, 0.25) is 15.9 Å². The van der Waals surface area contributed by atoms with Crippen molar-refractivity contribution in [2.45, 2.75) is 25.8 Å². The highest BCUT2D eigenvalue weighted by Crippen LogP contribution is 2.45. The van der Waals surface area contributed by atoms with Crippen LogP contribution in [0.3, 0.4) is 0 Å². The molecule has 0 bridgehead atoms. The summed E-state index contributed by atoms with van der Waals surface area (Å²) in [5.41, 5.74) is 0.702. The van der Waals surface area contributed by atoms with Gasteiger partial charge in [-0.25, -0.2) is 12.7 Å². The molecule has 2 aliphatic rings. The zero-order valence-electron chi connectivity index (χ0n) is 15.0. The van der Waals surface area contributed by atoms with E-state index >= 15 is 0 Å². The van der Waals surface area contributed by atoms with E-state index in [9.17, 15) is 8.42 Å². The largest absolute Gasteiger partial charge is 0.339 e. The van der Waals surface area contributed by atoms with Crippen LogP contribution in [-0.4, -0.2) is 64.7 Å². The summed E-state index contributed by atoms with van der Waals surface area (Å²) in [6, 6.07) is 3.98. The number of rotatable bonds is 5. The molecule has 0 spiro atoms. The number of pyridine rings is 1. The van der Waals surface area contributed by atoms with Gasteiger partial charge in [0.05, 0.1) is 11.2 Å². The van der Waals surface area contributed by atoms with E-state index in [0.29, 0.717) is 31.3 Å². The number of sulfonamides is 1. The van der Waals surface area contributed by atoms with Crippen molar-refractivity contribution in [2.75, 3.05) is 31.9 Å². The van der Waals surface area contributed by atoms with Crippen LogP contribution in [0.1, 0.15) is 24.2 Å². The molecule has 9 heteroatoms. The number of likely N-dealkylation sites (tertiary alicyclic amines) is 1. The van der Waals surface area contributed by atoms with Crippen LogP contribution in [-0.2, 0) is 22.0 Å². The van der Waals surface area contributed by atoms with Crippen molar-refractivity contribution < 1.29 is 12.9 Å². The van der Waals surface area contributed by atoms with E-state index in [-0.39, 0.29) is 11.7 Å². The van der Waals surface area contributed by atoms with Crippen LogP contribution in [0.5, 0.6) is 0 Å². The number of hydrogen-bond acceptors (Lipinski definition) is 7. The van der Waals surface area contributed by atoms with Crippen LogP contribution < -0.4 is 0 Å². The van der Waals surface area contributed by atoms with Gasteiger partial charge in [0.1, 0.15) is 0 Å². The second-order valence-corrected chi connectivity index (χ2v) is 9.48. The number of nitrogens with zero attached hydrogens (tertiary/aromatic N) is 5. The van der Waals surface area contributed by atoms with Gasteiger partial charge < -0.3 is 4.52 Å². The summed E-state index contributed by atoms with van der Waals surface area (Å²) in [5.74, 6) is 1.39. The van der Waals surface area contributed by atoms with Crippen molar-refractivity contribution in [2.24, 2.45) is 5.92 Å².